The predicted molar refractivity (Wildman–Crippen MR) is 86.6 cm³/mol. The Morgan fingerprint density at radius 3 is 2.26 bits per heavy atom. The average molecular weight is 342 g/mol. The van der Waals surface area contributed by atoms with Crippen LogP contribution in [0.25, 0.3) is 0 Å². The minimum absolute atomic E-state index is 0.0185. The first-order valence-electron chi connectivity index (χ1n) is 7.60. The maximum atomic E-state index is 12.4. The van der Waals surface area contributed by atoms with Crippen molar-refractivity contribution in [3.8, 4) is 0 Å². The smallest absolute Gasteiger partial charge is 0.282 e. The van der Waals surface area contributed by atoms with Crippen LogP contribution in [0.3, 0.4) is 0 Å². The first kappa shape index (κ1) is 17.9. The zero-order chi connectivity index (χ0) is 17.2. The lowest BCUT2D eigenvalue weighted by Crippen LogP contribution is -3.19. The molecule has 128 valence electrons. The number of quaternary nitrogens is 1. The summed E-state index contributed by atoms with van der Waals surface area (Å²) in [5, 5.41) is 7.86. The van der Waals surface area contributed by atoms with Crippen molar-refractivity contribution in [3.63, 3.8) is 0 Å². The van der Waals surface area contributed by atoms with Crippen LogP contribution in [-0.4, -0.2) is 45.7 Å². The van der Waals surface area contributed by atoms with Crippen LogP contribution in [0.5, 0.6) is 0 Å². The number of nitrogens with two attached hydrogens (primary N) is 1. The maximum Gasteiger partial charge on any atom is 0.282 e. The molecule has 0 bridgehead atoms. The zero-order valence-corrected chi connectivity index (χ0v) is 14.4. The summed E-state index contributed by atoms with van der Waals surface area (Å²) in [4.78, 5) is 13.6. The van der Waals surface area contributed by atoms with Crippen LogP contribution >= 0.6 is 0 Å². The highest BCUT2D eigenvalue weighted by Crippen LogP contribution is 2.12. The molecule has 2 rings (SSSR count). The molecular formula is C15H24N3O4S+. The quantitative estimate of drug-likeness (QED) is 0.677. The van der Waals surface area contributed by atoms with E-state index in [-0.39, 0.29) is 29.1 Å². The van der Waals surface area contributed by atoms with E-state index in [1.807, 2.05) is 20.8 Å². The largest absolute Gasteiger partial charge is 0.364 e. The fourth-order valence-corrected chi connectivity index (χ4v) is 3.35. The molecule has 0 aliphatic carbocycles. The molecule has 1 aliphatic rings. The zero-order valence-electron chi connectivity index (χ0n) is 13.6. The van der Waals surface area contributed by atoms with E-state index < -0.39 is 10.0 Å². The molecule has 4 atom stereocenters. The molecule has 8 heteroatoms. The molecule has 1 aromatic rings. The Hall–Kier alpha value is -1.48. The number of hydrogen-bond acceptors (Lipinski definition) is 4. The number of amides is 1. The van der Waals surface area contributed by atoms with Crippen LogP contribution in [-0.2, 0) is 19.6 Å². The van der Waals surface area contributed by atoms with Crippen LogP contribution in [0.15, 0.2) is 29.2 Å². The summed E-state index contributed by atoms with van der Waals surface area (Å²) in [6.07, 6.45) is 0.246. The molecule has 1 heterocycles. The van der Waals surface area contributed by atoms with E-state index in [4.69, 9.17) is 9.88 Å². The Bertz CT molecular complexity index is 650. The lowest BCUT2D eigenvalue weighted by Gasteiger charge is -2.35. The molecule has 1 amide bonds. The van der Waals surface area contributed by atoms with E-state index in [0.29, 0.717) is 5.69 Å². The van der Waals surface area contributed by atoms with Crippen molar-refractivity contribution >= 4 is 21.6 Å². The Labute approximate surface area is 136 Å². The molecule has 4 N–H and O–H groups in total. The average Bonchev–Trinajstić information content (AvgIpc) is 2.45. The van der Waals surface area contributed by atoms with Gasteiger partial charge < -0.3 is 15.0 Å². The van der Waals surface area contributed by atoms with Gasteiger partial charge in [0, 0.05) is 5.69 Å². The number of anilines is 1. The Morgan fingerprint density at radius 2 is 1.78 bits per heavy atom. The van der Waals surface area contributed by atoms with E-state index in [1.54, 1.807) is 0 Å². The number of benzene rings is 1. The number of nitrogens with one attached hydrogen (secondary N) is 2. The van der Waals surface area contributed by atoms with Crippen molar-refractivity contribution in [2.24, 2.45) is 5.14 Å². The van der Waals surface area contributed by atoms with Crippen LogP contribution in [0, 0.1) is 0 Å². The molecule has 1 aliphatic heterocycles. The topological polar surface area (TPSA) is 103 Å². The second kappa shape index (κ2) is 6.96. The molecule has 0 spiro atoms. The number of primary sulfonamides is 1. The number of carbonyl (C=O) groups excluding carboxylic acids is 1. The van der Waals surface area contributed by atoms with Gasteiger partial charge in [0.05, 0.1) is 4.90 Å². The van der Waals surface area contributed by atoms with Gasteiger partial charge in [-0.15, -0.1) is 0 Å². The third kappa shape index (κ3) is 4.74. The number of hydrogen-bond donors (Lipinski definition) is 3. The molecule has 1 unspecified atom stereocenters. The van der Waals surface area contributed by atoms with Gasteiger partial charge in [-0.3, -0.25) is 4.79 Å². The maximum absolute atomic E-state index is 12.4. The molecule has 1 fully saturated rings. The number of ether oxygens (including phenoxy) is 1. The van der Waals surface area contributed by atoms with E-state index in [9.17, 15) is 13.2 Å². The summed E-state index contributed by atoms with van der Waals surface area (Å²) in [7, 11) is -3.72. The van der Waals surface area contributed by atoms with Gasteiger partial charge in [0.25, 0.3) is 5.91 Å². The standard InChI is InChI=1S/C15H23N3O4S/c1-10-8-18(9-11(2)22-10)12(3)15(19)17-13-4-6-14(7-5-13)23(16,20)21/h4-7,10-12H,8-9H2,1-3H3,(H,17,19)(H2,16,20,21)/p+1/t10-,11+,12-/m0/s1. The third-order valence-electron chi connectivity index (χ3n) is 4.02. The summed E-state index contributed by atoms with van der Waals surface area (Å²) >= 11 is 0. The van der Waals surface area contributed by atoms with Crippen LogP contribution < -0.4 is 15.4 Å². The highest BCUT2D eigenvalue weighted by Gasteiger charge is 2.32. The molecule has 0 saturated carbocycles. The first-order valence-corrected chi connectivity index (χ1v) is 9.15. The lowest BCUT2D eigenvalue weighted by atomic mass is 10.1. The minimum Gasteiger partial charge on any atom is -0.364 e. The van der Waals surface area contributed by atoms with Crippen LogP contribution in [0.1, 0.15) is 20.8 Å². The van der Waals surface area contributed by atoms with Crippen molar-refractivity contribution < 1.29 is 22.8 Å². The molecule has 23 heavy (non-hydrogen) atoms. The normalized spacial score (nSPS) is 26.5. The van der Waals surface area contributed by atoms with E-state index >= 15 is 0 Å². The summed E-state index contributed by atoms with van der Waals surface area (Å²) in [6.45, 7) is 7.46. The fraction of sp³-hybridized carbons (Fsp3) is 0.533. The Balaban J connectivity index is 2.01. The molecule has 0 radical (unpaired) electrons. The predicted octanol–water partition coefficient (Wildman–Crippen LogP) is -0.647. The second-order valence-corrected chi connectivity index (χ2v) is 7.67. The van der Waals surface area contributed by atoms with Crippen molar-refractivity contribution in [2.75, 3.05) is 18.4 Å². The van der Waals surface area contributed by atoms with Gasteiger partial charge in [0.2, 0.25) is 10.0 Å². The van der Waals surface area contributed by atoms with Gasteiger partial charge in [0.1, 0.15) is 25.3 Å². The summed E-state index contributed by atoms with van der Waals surface area (Å²) in [5.41, 5.74) is 0.544. The number of carbonyl (C=O) groups is 1. The monoisotopic (exact) mass is 342 g/mol. The Morgan fingerprint density at radius 1 is 1.26 bits per heavy atom. The first-order chi connectivity index (χ1) is 10.7. The van der Waals surface area contributed by atoms with Crippen molar-refractivity contribution in [1.29, 1.82) is 0 Å². The summed E-state index contributed by atoms with van der Waals surface area (Å²) in [6, 6.07) is 5.60. The second-order valence-electron chi connectivity index (χ2n) is 6.10. The Kier molecular flexibility index (Phi) is 5.41. The van der Waals surface area contributed by atoms with E-state index in [1.165, 1.54) is 29.2 Å². The molecule has 1 aromatic carbocycles. The molecule has 1 saturated heterocycles. The SMILES string of the molecule is C[C@@H]1C[NH+]([C@@H](C)C(=O)Nc2ccc(S(N)(=O)=O)cc2)C[C@H](C)O1. The van der Waals surface area contributed by atoms with E-state index in [0.717, 1.165) is 13.1 Å². The minimum atomic E-state index is -3.72. The van der Waals surface area contributed by atoms with Gasteiger partial charge >= 0.3 is 0 Å². The van der Waals surface area contributed by atoms with Gasteiger partial charge in [-0.2, -0.15) is 0 Å². The van der Waals surface area contributed by atoms with Crippen molar-refractivity contribution in [2.45, 2.75) is 43.9 Å². The fourth-order valence-electron chi connectivity index (χ4n) is 2.83. The number of morpholine rings is 1. The van der Waals surface area contributed by atoms with Gasteiger partial charge in [-0.05, 0) is 45.0 Å². The van der Waals surface area contributed by atoms with E-state index in [2.05, 4.69) is 5.32 Å². The molecule has 7 nitrogen and oxygen atoms in total. The summed E-state index contributed by atoms with van der Waals surface area (Å²) < 4.78 is 28.1. The lowest BCUT2D eigenvalue weighted by molar-refractivity contribution is -0.928. The number of sulfonamides is 1. The van der Waals surface area contributed by atoms with Crippen LogP contribution in [0.2, 0.25) is 0 Å². The molecular weight excluding hydrogens is 318 g/mol. The molecule has 0 aromatic heterocycles. The van der Waals surface area contributed by atoms with Crippen molar-refractivity contribution in [3.05, 3.63) is 24.3 Å². The van der Waals surface area contributed by atoms with Gasteiger partial charge in [-0.25, -0.2) is 13.6 Å². The number of rotatable bonds is 4. The third-order valence-corrected chi connectivity index (χ3v) is 4.95. The summed E-state index contributed by atoms with van der Waals surface area (Å²) in [5.74, 6) is -0.107. The van der Waals surface area contributed by atoms with Gasteiger partial charge in [-0.1, -0.05) is 0 Å². The van der Waals surface area contributed by atoms with Crippen LogP contribution in [0.4, 0.5) is 5.69 Å². The highest BCUT2D eigenvalue weighted by atomic mass is 32.2. The highest BCUT2D eigenvalue weighted by molar-refractivity contribution is 7.89. The van der Waals surface area contributed by atoms with Gasteiger partial charge in [0.15, 0.2) is 6.04 Å². The van der Waals surface area contributed by atoms with Crippen molar-refractivity contribution in [1.82, 2.24) is 0 Å².